The molecule has 1 atom stereocenters. The van der Waals surface area contributed by atoms with E-state index in [2.05, 4.69) is 39.0 Å². The molecule has 0 unspecified atom stereocenters. The summed E-state index contributed by atoms with van der Waals surface area (Å²) in [6.07, 6.45) is 12.0. The molecular formula is C29H43F3N4O4. The van der Waals surface area contributed by atoms with Gasteiger partial charge in [0.15, 0.2) is 18.1 Å². The van der Waals surface area contributed by atoms with Crippen LogP contribution >= 0.6 is 0 Å². The van der Waals surface area contributed by atoms with Crippen LogP contribution in [0.2, 0.25) is 0 Å². The van der Waals surface area contributed by atoms with Gasteiger partial charge in [-0.15, -0.1) is 0 Å². The number of hydrogen-bond donors (Lipinski definition) is 2. The van der Waals surface area contributed by atoms with Crippen LogP contribution in [0, 0.1) is 12.8 Å². The molecule has 2 aliphatic rings. The highest BCUT2D eigenvalue weighted by Crippen LogP contribution is 2.45. The lowest BCUT2D eigenvalue weighted by Gasteiger charge is -2.27. The smallest absolute Gasteiger partial charge is 0.422 e. The Labute approximate surface area is 234 Å². The molecule has 0 aliphatic heterocycles. The second-order valence-corrected chi connectivity index (χ2v) is 11.1. The number of carbonyl (C=O) groups is 1. The van der Waals surface area contributed by atoms with E-state index < -0.39 is 18.8 Å². The number of aromatic carboxylic acids is 1. The van der Waals surface area contributed by atoms with E-state index in [4.69, 9.17) is 9.63 Å². The fourth-order valence-electron chi connectivity index (χ4n) is 4.73. The van der Waals surface area contributed by atoms with Crippen molar-refractivity contribution < 1.29 is 32.3 Å². The average Bonchev–Trinajstić information content (AvgIpc) is 3.84. The predicted octanol–water partition coefficient (Wildman–Crippen LogP) is 7.33. The maximum Gasteiger partial charge on any atom is 0.422 e. The van der Waals surface area contributed by atoms with Crippen LogP contribution in [0.15, 0.2) is 16.8 Å². The third kappa shape index (κ3) is 10.4. The van der Waals surface area contributed by atoms with Gasteiger partial charge in [-0.2, -0.15) is 18.2 Å². The molecule has 2 aromatic rings. The van der Waals surface area contributed by atoms with Crippen molar-refractivity contribution in [3.8, 4) is 5.75 Å². The number of nitrogens with one attached hydrogen (secondary N) is 1. The van der Waals surface area contributed by atoms with Crippen molar-refractivity contribution in [3.63, 3.8) is 0 Å². The fourth-order valence-corrected chi connectivity index (χ4v) is 4.73. The molecule has 8 nitrogen and oxygen atoms in total. The van der Waals surface area contributed by atoms with Crippen molar-refractivity contribution in [3.05, 3.63) is 35.2 Å². The minimum Gasteiger partial charge on any atom is -0.484 e. The first-order valence-electron chi connectivity index (χ1n) is 14.5. The maximum absolute atomic E-state index is 12.1. The van der Waals surface area contributed by atoms with Gasteiger partial charge in [0.25, 0.3) is 0 Å². The maximum atomic E-state index is 12.1. The van der Waals surface area contributed by atoms with E-state index in [0.717, 1.165) is 31.3 Å². The second kappa shape index (κ2) is 14.8. The number of alkyl halides is 3. The Balaban J connectivity index is 0.000000225. The summed E-state index contributed by atoms with van der Waals surface area (Å²) < 4.78 is 46.1. The predicted molar refractivity (Wildman–Crippen MR) is 144 cm³/mol. The van der Waals surface area contributed by atoms with Gasteiger partial charge in [-0.3, -0.25) is 0 Å². The first-order valence-corrected chi connectivity index (χ1v) is 14.5. The Morgan fingerprint density at radius 2 is 1.75 bits per heavy atom. The van der Waals surface area contributed by atoms with E-state index >= 15 is 0 Å². The number of aryl methyl sites for hydroxylation is 1. The highest BCUT2D eigenvalue weighted by Gasteiger charge is 2.45. The zero-order valence-electron chi connectivity index (χ0n) is 23.9. The van der Waals surface area contributed by atoms with Crippen molar-refractivity contribution in [1.82, 2.24) is 20.4 Å². The molecule has 0 amide bonds. The molecule has 11 heteroatoms. The number of unbranched alkanes of at least 4 members (excludes halogenated alkanes) is 7. The Bertz CT molecular complexity index is 1070. The molecule has 2 aromatic heterocycles. The number of pyridine rings is 1. The van der Waals surface area contributed by atoms with Crippen LogP contribution < -0.4 is 10.1 Å². The van der Waals surface area contributed by atoms with Gasteiger partial charge in [0, 0.05) is 24.8 Å². The summed E-state index contributed by atoms with van der Waals surface area (Å²) >= 11 is 0. The number of hydrogen-bond acceptors (Lipinski definition) is 7. The van der Waals surface area contributed by atoms with E-state index in [0.29, 0.717) is 17.4 Å². The summed E-state index contributed by atoms with van der Waals surface area (Å²) in [4.78, 5) is 18.9. The molecule has 224 valence electrons. The van der Waals surface area contributed by atoms with E-state index in [9.17, 15) is 18.0 Å². The molecule has 0 saturated heterocycles. The molecule has 2 saturated carbocycles. The lowest BCUT2D eigenvalue weighted by molar-refractivity contribution is -0.153. The van der Waals surface area contributed by atoms with Crippen LogP contribution in [0.25, 0.3) is 0 Å². The molecule has 4 rings (SSSR count). The summed E-state index contributed by atoms with van der Waals surface area (Å²) in [7, 11) is 0. The summed E-state index contributed by atoms with van der Waals surface area (Å²) in [6, 6.07) is 1.04. The molecule has 0 bridgehead atoms. The summed E-state index contributed by atoms with van der Waals surface area (Å²) in [5.41, 5.74) is 0.125. The van der Waals surface area contributed by atoms with Crippen LogP contribution in [-0.4, -0.2) is 45.5 Å². The Morgan fingerprint density at radius 3 is 2.27 bits per heavy atom. The highest BCUT2D eigenvalue weighted by atomic mass is 19.4. The van der Waals surface area contributed by atoms with Gasteiger partial charge in [-0.25, -0.2) is 9.78 Å². The zero-order valence-corrected chi connectivity index (χ0v) is 23.9. The van der Waals surface area contributed by atoms with Crippen LogP contribution in [0.1, 0.15) is 125 Å². The number of rotatable bonds is 16. The molecule has 0 radical (unpaired) electrons. The number of ether oxygens (including phenoxy) is 1. The number of carboxylic acids is 1. The molecule has 2 aliphatic carbocycles. The monoisotopic (exact) mass is 568 g/mol. The largest absolute Gasteiger partial charge is 0.484 e. The van der Waals surface area contributed by atoms with Gasteiger partial charge < -0.3 is 19.7 Å². The van der Waals surface area contributed by atoms with Gasteiger partial charge in [-0.05, 0) is 57.4 Å². The van der Waals surface area contributed by atoms with Gasteiger partial charge in [-0.1, -0.05) is 57.0 Å². The molecular weight excluding hydrogens is 525 g/mol. The standard InChI is InChI=1S/C18H33N3O.C11H10F3NO3/c1-4-5-6-7-8-9-10-11-14-19-18(3,16-12-13-16)17-20-15(2)22-21-17;12-11(13,14)5-18-9-3-8(10(16)17)15-4-7(9)6-1-2-6/h16,19H,4-14H2,1-3H3;3-4,6H,1-2,5H2,(H,16,17)/t18-;/m0./s1. The second-order valence-electron chi connectivity index (χ2n) is 11.1. The highest BCUT2D eigenvalue weighted by molar-refractivity contribution is 5.85. The fraction of sp³-hybridized carbons (Fsp3) is 0.724. The van der Waals surface area contributed by atoms with Crippen molar-refractivity contribution >= 4 is 5.97 Å². The first-order chi connectivity index (χ1) is 19.0. The number of halogens is 3. The minimum atomic E-state index is -4.45. The Hall–Kier alpha value is -2.69. The van der Waals surface area contributed by atoms with Gasteiger partial charge in [0.05, 0.1) is 5.54 Å². The third-order valence-corrected chi connectivity index (χ3v) is 7.43. The van der Waals surface area contributed by atoms with Crippen LogP contribution in [0.5, 0.6) is 5.75 Å². The van der Waals surface area contributed by atoms with Crippen molar-refractivity contribution in [2.24, 2.45) is 5.92 Å². The van der Waals surface area contributed by atoms with E-state index in [1.807, 2.05) is 6.92 Å². The normalized spacial score (nSPS) is 16.6. The minimum absolute atomic E-state index is 0.0396. The molecule has 0 spiro atoms. The summed E-state index contributed by atoms with van der Waals surface area (Å²) in [6.45, 7) is 5.99. The first kappa shape index (κ1) is 31.8. The van der Waals surface area contributed by atoms with E-state index in [-0.39, 0.29) is 22.9 Å². The van der Waals surface area contributed by atoms with E-state index in [1.54, 1.807) is 0 Å². The number of nitrogens with zero attached hydrogens (tertiary/aromatic N) is 3. The van der Waals surface area contributed by atoms with Gasteiger partial charge in [0.2, 0.25) is 5.89 Å². The third-order valence-electron chi connectivity index (χ3n) is 7.43. The average molecular weight is 569 g/mol. The summed E-state index contributed by atoms with van der Waals surface area (Å²) in [5.74, 6) is 0.960. The van der Waals surface area contributed by atoms with Crippen molar-refractivity contribution in [1.29, 1.82) is 0 Å². The molecule has 0 aromatic carbocycles. The van der Waals surface area contributed by atoms with Crippen LogP contribution in [0.3, 0.4) is 0 Å². The number of aromatic nitrogens is 3. The van der Waals surface area contributed by atoms with Gasteiger partial charge >= 0.3 is 12.1 Å². The molecule has 2 fully saturated rings. The van der Waals surface area contributed by atoms with Gasteiger partial charge in [0.1, 0.15) is 5.75 Å². The zero-order chi connectivity index (χ0) is 29.2. The lowest BCUT2D eigenvalue weighted by atomic mass is 9.94. The molecule has 40 heavy (non-hydrogen) atoms. The van der Waals surface area contributed by atoms with Crippen LogP contribution in [0.4, 0.5) is 13.2 Å². The SMILES string of the molecule is CCCCCCCCCCN[C@](C)(c1noc(C)n1)C1CC1.O=C(O)c1cc(OCC(F)(F)F)c(C2CC2)cn1. The quantitative estimate of drug-likeness (QED) is 0.203. The number of carboxylic acid groups (broad SMARTS) is 1. The lowest BCUT2D eigenvalue weighted by Crippen LogP contribution is -2.43. The topological polar surface area (TPSA) is 110 Å². The van der Waals surface area contributed by atoms with Crippen molar-refractivity contribution in [2.75, 3.05) is 13.2 Å². The van der Waals surface area contributed by atoms with Crippen LogP contribution in [-0.2, 0) is 5.54 Å². The van der Waals surface area contributed by atoms with Crippen molar-refractivity contribution in [2.45, 2.75) is 115 Å². The summed E-state index contributed by atoms with van der Waals surface area (Å²) in [5, 5.41) is 16.6. The molecule has 2 N–H and O–H groups in total. The Kier molecular flexibility index (Phi) is 11.8. The molecule has 2 heterocycles. The Morgan fingerprint density at radius 1 is 1.10 bits per heavy atom. The van der Waals surface area contributed by atoms with E-state index in [1.165, 1.54) is 70.4 Å².